The van der Waals surface area contributed by atoms with Crippen molar-refractivity contribution in [2.75, 3.05) is 5.32 Å². The zero-order valence-corrected chi connectivity index (χ0v) is 17.0. The van der Waals surface area contributed by atoms with Crippen LogP contribution in [0.1, 0.15) is 15.9 Å². The molecule has 32 heavy (non-hydrogen) atoms. The number of para-hydroxylation sites is 2. The summed E-state index contributed by atoms with van der Waals surface area (Å²) in [6.07, 6.45) is 0. The first-order chi connectivity index (χ1) is 15.7. The van der Waals surface area contributed by atoms with Gasteiger partial charge in [0, 0.05) is 17.2 Å². The first kappa shape index (κ1) is 19.4. The molecule has 156 valence electrons. The molecular formula is C25H19N5O2. The Balaban J connectivity index is 1.37. The van der Waals surface area contributed by atoms with E-state index in [0.717, 1.165) is 22.2 Å². The Bertz CT molecular complexity index is 1440. The van der Waals surface area contributed by atoms with Crippen molar-refractivity contribution >= 4 is 22.9 Å². The molecule has 0 saturated carbocycles. The van der Waals surface area contributed by atoms with Gasteiger partial charge in [-0.1, -0.05) is 54.6 Å². The van der Waals surface area contributed by atoms with E-state index in [9.17, 15) is 9.59 Å². The van der Waals surface area contributed by atoms with E-state index in [0.29, 0.717) is 17.2 Å². The summed E-state index contributed by atoms with van der Waals surface area (Å²) in [6.45, 7) is 0.255. The van der Waals surface area contributed by atoms with E-state index in [-0.39, 0.29) is 18.0 Å². The van der Waals surface area contributed by atoms with E-state index >= 15 is 0 Å². The van der Waals surface area contributed by atoms with Gasteiger partial charge in [0.05, 0.1) is 23.3 Å². The third-order valence-electron chi connectivity index (χ3n) is 5.08. The monoisotopic (exact) mass is 421 g/mol. The van der Waals surface area contributed by atoms with Gasteiger partial charge in [-0.15, -0.1) is 0 Å². The van der Waals surface area contributed by atoms with Crippen LogP contribution in [0.4, 0.5) is 5.95 Å². The number of amides is 1. The molecule has 0 unspecified atom stereocenters. The molecule has 5 rings (SSSR count). The number of imidazole rings is 1. The van der Waals surface area contributed by atoms with Gasteiger partial charge in [0.15, 0.2) is 0 Å². The molecule has 2 N–H and O–H groups in total. The number of carbonyl (C=O) groups is 1. The van der Waals surface area contributed by atoms with Gasteiger partial charge in [0.2, 0.25) is 5.95 Å². The topological polar surface area (TPSA) is 92.7 Å². The Morgan fingerprint density at radius 1 is 0.906 bits per heavy atom. The van der Waals surface area contributed by atoms with Gasteiger partial charge in [0.25, 0.3) is 11.5 Å². The molecular weight excluding hydrogens is 402 g/mol. The minimum Gasteiger partial charge on any atom is -0.324 e. The number of nitrogens with one attached hydrogen (secondary N) is 2. The van der Waals surface area contributed by atoms with Gasteiger partial charge in [0.1, 0.15) is 0 Å². The highest BCUT2D eigenvalue weighted by molar-refractivity contribution is 6.04. The molecule has 0 aliphatic heterocycles. The standard InChI is InChI=1S/C25H19N5O2/c31-23-14-13-20(18-8-2-1-3-9-18)29-30(23)16-17-7-6-10-19(15-17)24(32)28-25-26-21-11-4-5-12-22(21)27-25/h1-15H,16H2,(H2,26,27,28,32). The Morgan fingerprint density at radius 3 is 2.56 bits per heavy atom. The van der Waals surface area contributed by atoms with Gasteiger partial charge < -0.3 is 4.98 Å². The van der Waals surface area contributed by atoms with Crippen molar-refractivity contribution in [2.45, 2.75) is 6.54 Å². The summed E-state index contributed by atoms with van der Waals surface area (Å²) in [4.78, 5) is 32.6. The fraction of sp³-hybridized carbons (Fsp3) is 0.0400. The molecule has 0 fully saturated rings. The predicted octanol–water partition coefficient (Wildman–Crippen LogP) is 4.09. The molecule has 0 spiro atoms. The van der Waals surface area contributed by atoms with E-state index in [4.69, 9.17) is 0 Å². The maximum atomic E-state index is 12.7. The smallest absolute Gasteiger partial charge is 0.267 e. The van der Waals surface area contributed by atoms with Crippen molar-refractivity contribution in [1.29, 1.82) is 0 Å². The lowest BCUT2D eigenvalue weighted by atomic mass is 10.1. The second-order valence-electron chi connectivity index (χ2n) is 7.34. The fourth-order valence-corrected chi connectivity index (χ4v) is 3.50. The summed E-state index contributed by atoms with van der Waals surface area (Å²) < 4.78 is 1.40. The van der Waals surface area contributed by atoms with Crippen LogP contribution in [0.3, 0.4) is 0 Å². The molecule has 0 saturated heterocycles. The minimum atomic E-state index is -0.288. The van der Waals surface area contributed by atoms with Gasteiger partial charge in [-0.05, 0) is 35.9 Å². The number of benzene rings is 3. The quantitative estimate of drug-likeness (QED) is 0.447. The predicted molar refractivity (Wildman–Crippen MR) is 124 cm³/mol. The molecule has 7 heteroatoms. The summed E-state index contributed by atoms with van der Waals surface area (Å²) in [5.41, 5.74) is 4.32. The van der Waals surface area contributed by atoms with Crippen LogP contribution in [0.2, 0.25) is 0 Å². The zero-order valence-electron chi connectivity index (χ0n) is 17.0. The second-order valence-corrected chi connectivity index (χ2v) is 7.34. The number of nitrogens with zero attached hydrogens (tertiary/aromatic N) is 3. The fourth-order valence-electron chi connectivity index (χ4n) is 3.50. The molecule has 0 atom stereocenters. The van der Waals surface area contributed by atoms with Crippen LogP contribution in [0.15, 0.2) is 95.8 Å². The van der Waals surface area contributed by atoms with Gasteiger partial charge in [-0.25, -0.2) is 9.67 Å². The van der Waals surface area contributed by atoms with Crippen molar-refractivity contribution in [1.82, 2.24) is 19.7 Å². The van der Waals surface area contributed by atoms with E-state index in [1.807, 2.05) is 60.7 Å². The summed E-state index contributed by atoms with van der Waals surface area (Å²) in [6, 6.07) is 27.6. The van der Waals surface area contributed by atoms with Crippen molar-refractivity contribution in [3.63, 3.8) is 0 Å². The van der Waals surface area contributed by atoms with Crippen molar-refractivity contribution in [3.8, 4) is 11.3 Å². The maximum Gasteiger partial charge on any atom is 0.267 e. The molecule has 0 radical (unpaired) electrons. The number of rotatable bonds is 5. The number of aromatic nitrogens is 4. The summed E-state index contributed by atoms with van der Waals surface area (Å²) in [5, 5.41) is 7.28. The van der Waals surface area contributed by atoms with Crippen molar-refractivity contribution in [2.24, 2.45) is 0 Å². The molecule has 0 aliphatic rings. The van der Waals surface area contributed by atoms with E-state index < -0.39 is 0 Å². The minimum absolute atomic E-state index is 0.207. The highest BCUT2D eigenvalue weighted by atomic mass is 16.2. The summed E-state index contributed by atoms with van der Waals surface area (Å²) in [7, 11) is 0. The first-order valence-corrected chi connectivity index (χ1v) is 10.1. The van der Waals surface area contributed by atoms with E-state index in [1.54, 1.807) is 24.3 Å². The van der Waals surface area contributed by atoms with Crippen molar-refractivity contribution in [3.05, 3.63) is 112 Å². The lowest BCUT2D eigenvalue weighted by molar-refractivity contribution is 0.102. The lowest BCUT2D eigenvalue weighted by Crippen LogP contribution is -2.23. The number of hydrogen-bond acceptors (Lipinski definition) is 4. The third-order valence-corrected chi connectivity index (χ3v) is 5.08. The number of anilines is 1. The molecule has 1 amide bonds. The SMILES string of the molecule is O=C(Nc1nc2ccccc2[nH]1)c1cccc(Cn2nc(-c3ccccc3)ccc2=O)c1. The molecule has 2 heterocycles. The average molecular weight is 421 g/mol. The van der Waals surface area contributed by atoms with Gasteiger partial charge >= 0.3 is 0 Å². The molecule has 0 aliphatic carbocycles. The largest absolute Gasteiger partial charge is 0.324 e. The maximum absolute atomic E-state index is 12.7. The van der Waals surface area contributed by atoms with Crippen LogP contribution in [-0.4, -0.2) is 25.7 Å². The van der Waals surface area contributed by atoms with Crippen molar-refractivity contribution < 1.29 is 4.79 Å². The van der Waals surface area contributed by atoms with E-state index in [2.05, 4.69) is 20.4 Å². The molecule has 5 aromatic rings. The Kier molecular flexibility index (Phi) is 5.05. The third kappa shape index (κ3) is 4.04. The van der Waals surface area contributed by atoms with Crippen LogP contribution < -0.4 is 10.9 Å². The van der Waals surface area contributed by atoms with Gasteiger partial charge in [-0.3, -0.25) is 14.9 Å². The average Bonchev–Trinajstić information content (AvgIpc) is 3.23. The summed E-state index contributed by atoms with van der Waals surface area (Å²) >= 11 is 0. The van der Waals surface area contributed by atoms with Crippen LogP contribution in [-0.2, 0) is 6.54 Å². The highest BCUT2D eigenvalue weighted by Crippen LogP contribution is 2.16. The van der Waals surface area contributed by atoms with Crippen LogP contribution >= 0.6 is 0 Å². The Hall–Kier alpha value is -4.52. The first-order valence-electron chi connectivity index (χ1n) is 10.1. The highest BCUT2D eigenvalue weighted by Gasteiger charge is 2.11. The normalized spacial score (nSPS) is 10.9. The Morgan fingerprint density at radius 2 is 1.72 bits per heavy atom. The number of H-pyrrole nitrogens is 1. The van der Waals surface area contributed by atoms with Crippen LogP contribution in [0, 0.1) is 0 Å². The van der Waals surface area contributed by atoms with Crippen LogP contribution in [0.25, 0.3) is 22.3 Å². The van der Waals surface area contributed by atoms with E-state index in [1.165, 1.54) is 10.7 Å². The zero-order chi connectivity index (χ0) is 21.9. The lowest BCUT2D eigenvalue weighted by Gasteiger charge is -2.09. The second kappa shape index (κ2) is 8.31. The van der Waals surface area contributed by atoms with Crippen LogP contribution in [0.5, 0.6) is 0 Å². The molecule has 2 aromatic heterocycles. The van der Waals surface area contributed by atoms with Gasteiger partial charge in [-0.2, -0.15) is 5.10 Å². The number of hydrogen-bond donors (Lipinski definition) is 2. The molecule has 7 nitrogen and oxygen atoms in total. The number of carbonyl (C=O) groups excluding carboxylic acids is 1. The summed E-state index contributed by atoms with van der Waals surface area (Å²) in [5.74, 6) is 0.0966. The Labute approximate surface area is 183 Å². The number of aromatic amines is 1. The molecule has 0 bridgehead atoms. The number of fused-ring (bicyclic) bond motifs is 1. The molecule has 3 aromatic carbocycles.